The predicted octanol–water partition coefficient (Wildman–Crippen LogP) is 1.90. The van der Waals surface area contributed by atoms with E-state index in [1.165, 1.54) is 6.42 Å². The number of rotatable bonds is 2. The molecule has 1 N–H and O–H groups in total. The highest BCUT2D eigenvalue weighted by Crippen LogP contribution is 2.34. The lowest BCUT2D eigenvalue weighted by Gasteiger charge is -2.35. The predicted molar refractivity (Wildman–Crippen MR) is 59.5 cm³/mol. The van der Waals surface area contributed by atoms with Crippen molar-refractivity contribution in [3.63, 3.8) is 0 Å². The van der Waals surface area contributed by atoms with Crippen LogP contribution in [0.15, 0.2) is 12.3 Å². The Morgan fingerprint density at radius 3 is 3.07 bits per heavy atom. The average Bonchev–Trinajstić information content (AvgIpc) is 2.49. The number of nitrogens with zero attached hydrogens (tertiary/aromatic N) is 2. The molecule has 0 aliphatic heterocycles. The van der Waals surface area contributed by atoms with Gasteiger partial charge in [-0.15, -0.1) is 0 Å². The lowest BCUT2D eigenvalue weighted by molar-refractivity contribution is -0.0132. The zero-order chi connectivity index (χ0) is 10.9. The van der Waals surface area contributed by atoms with Gasteiger partial charge < -0.3 is 5.11 Å². The fourth-order valence-corrected chi connectivity index (χ4v) is 2.69. The summed E-state index contributed by atoms with van der Waals surface area (Å²) in [6.07, 6.45) is 6.88. The fourth-order valence-electron chi connectivity index (χ4n) is 2.69. The molecule has 1 aliphatic rings. The Labute approximate surface area is 91.1 Å². The van der Waals surface area contributed by atoms with Crippen LogP contribution in [-0.4, -0.2) is 20.5 Å². The quantitative estimate of drug-likeness (QED) is 0.806. The maximum atomic E-state index is 10.5. The molecule has 0 saturated heterocycles. The van der Waals surface area contributed by atoms with Crippen molar-refractivity contribution in [3.05, 3.63) is 18.0 Å². The highest BCUT2D eigenvalue weighted by atomic mass is 16.3. The van der Waals surface area contributed by atoms with Crippen LogP contribution >= 0.6 is 0 Å². The molecule has 0 aromatic carbocycles. The molecule has 1 fully saturated rings. The third-order valence-electron chi connectivity index (χ3n) is 3.35. The summed E-state index contributed by atoms with van der Waals surface area (Å²) in [6, 6.07) is 2.00. The molecule has 15 heavy (non-hydrogen) atoms. The Bertz CT molecular complexity index is 334. The topological polar surface area (TPSA) is 38.0 Å². The summed E-state index contributed by atoms with van der Waals surface area (Å²) in [6.45, 7) is 2.22. The molecule has 0 spiro atoms. The fraction of sp³-hybridized carbons (Fsp3) is 0.750. The maximum absolute atomic E-state index is 10.5. The number of hydrogen-bond acceptors (Lipinski definition) is 2. The molecule has 3 nitrogen and oxygen atoms in total. The van der Waals surface area contributed by atoms with Crippen molar-refractivity contribution in [3.8, 4) is 0 Å². The van der Waals surface area contributed by atoms with Crippen LogP contribution in [0.25, 0.3) is 0 Å². The molecule has 1 saturated carbocycles. The van der Waals surface area contributed by atoms with E-state index in [0.29, 0.717) is 12.3 Å². The number of aryl methyl sites for hydroxylation is 1. The first kappa shape index (κ1) is 10.7. The molecule has 2 atom stereocenters. The summed E-state index contributed by atoms with van der Waals surface area (Å²) >= 11 is 0. The zero-order valence-electron chi connectivity index (χ0n) is 9.61. The first-order chi connectivity index (χ1) is 7.07. The van der Waals surface area contributed by atoms with Gasteiger partial charge >= 0.3 is 0 Å². The lowest BCUT2D eigenvalue weighted by atomic mass is 9.76. The summed E-state index contributed by atoms with van der Waals surface area (Å²) < 4.78 is 1.80. The molecule has 2 rings (SSSR count). The number of aliphatic hydroxyl groups is 1. The summed E-state index contributed by atoms with van der Waals surface area (Å²) in [5.41, 5.74) is 0.501. The van der Waals surface area contributed by atoms with Crippen LogP contribution in [0.3, 0.4) is 0 Å². The van der Waals surface area contributed by atoms with Crippen molar-refractivity contribution in [1.29, 1.82) is 0 Å². The number of aromatic nitrogens is 2. The molecule has 0 amide bonds. The van der Waals surface area contributed by atoms with E-state index in [-0.39, 0.29) is 0 Å². The smallest absolute Gasteiger partial charge is 0.0706 e. The summed E-state index contributed by atoms with van der Waals surface area (Å²) in [5.74, 6) is 0.646. The van der Waals surface area contributed by atoms with Gasteiger partial charge in [-0.1, -0.05) is 19.8 Å². The van der Waals surface area contributed by atoms with Crippen molar-refractivity contribution < 1.29 is 5.11 Å². The summed E-state index contributed by atoms with van der Waals surface area (Å²) in [7, 11) is 1.91. The molecule has 1 aromatic heterocycles. The van der Waals surface area contributed by atoms with Gasteiger partial charge in [0.15, 0.2) is 0 Å². The normalized spacial score (nSPS) is 31.8. The van der Waals surface area contributed by atoms with E-state index in [4.69, 9.17) is 0 Å². The van der Waals surface area contributed by atoms with Crippen molar-refractivity contribution in [1.82, 2.24) is 9.78 Å². The first-order valence-electron chi connectivity index (χ1n) is 5.78. The van der Waals surface area contributed by atoms with Crippen LogP contribution in [0.2, 0.25) is 0 Å². The van der Waals surface area contributed by atoms with Gasteiger partial charge in [0.25, 0.3) is 0 Å². The third kappa shape index (κ3) is 2.59. The van der Waals surface area contributed by atoms with E-state index >= 15 is 0 Å². The standard InChI is InChI=1S/C12H20N2O/c1-10-4-3-6-12(15,8-10)9-11-5-7-14(2)13-11/h5,7,10,15H,3-4,6,8-9H2,1-2H3. The summed E-state index contributed by atoms with van der Waals surface area (Å²) in [5, 5.41) is 14.8. The van der Waals surface area contributed by atoms with E-state index in [0.717, 1.165) is 25.0 Å². The van der Waals surface area contributed by atoms with E-state index in [2.05, 4.69) is 12.0 Å². The largest absolute Gasteiger partial charge is 0.389 e. The minimum absolute atomic E-state index is 0.508. The van der Waals surface area contributed by atoms with Crippen LogP contribution in [-0.2, 0) is 13.5 Å². The van der Waals surface area contributed by atoms with Gasteiger partial charge in [-0.2, -0.15) is 5.10 Å². The molecule has 3 heteroatoms. The summed E-state index contributed by atoms with van der Waals surface area (Å²) in [4.78, 5) is 0. The molecule has 84 valence electrons. The van der Waals surface area contributed by atoms with Crippen molar-refractivity contribution in [2.45, 2.75) is 44.6 Å². The maximum Gasteiger partial charge on any atom is 0.0706 e. The Hall–Kier alpha value is -0.830. The Balaban J connectivity index is 2.03. The SMILES string of the molecule is CC1CCCC(O)(Cc2ccn(C)n2)C1. The molecular weight excluding hydrogens is 188 g/mol. The minimum Gasteiger partial charge on any atom is -0.389 e. The Kier molecular flexibility index (Phi) is 2.83. The molecule has 1 aliphatic carbocycles. The van der Waals surface area contributed by atoms with Gasteiger partial charge in [-0.3, -0.25) is 4.68 Å². The molecule has 1 aromatic rings. The second kappa shape index (κ2) is 3.97. The third-order valence-corrected chi connectivity index (χ3v) is 3.35. The van der Waals surface area contributed by atoms with E-state index in [1.807, 2.05) is 19.3 Å². The zero-order valence-corrected chi connectivity index (χ0v) is 9.61. The molecule has 0 radical (unpaired) electrons. The van der Waals surface area contributed by atoms with Crippen LogP contribution in [0, 0.1) is 5.92 Å². The molecule has 0 bridgehead atoms. The van der Waals surface area contributed by atoms with Crippen molar-refractivity contribution >= 4 is 0 Å². The highest BCUT2D eigenvalue weighted by Gasteiger charge is 2.33. The van der Waals surface area contributed by atoms with Gasteiger partial charge in [0, 0.05) is 19.7 Å². The molecule has 2 unspecified atom stereocenters. The van der Waals surface area contributed by atoms with Crippen molar-refractivity contribution in [2.75, 3.05) is 0 Å². The lowest BCUT2D eigenvalue weighted by Crippen LogP contribution is -2.36. The first-order valence-corrected chi connectivity index (χ1v) is 5.78. The Morgan fingerprint density at radius 2 is 2.47 bits per heavy atom. The van der Waals surface area contributed by atoms with Crippen LogP contribution < -0.4 is 0 Å². The Morgan fingerprint density at radius 1 is 1.67 bits per heavy atom. The van der Waals surface area contributed by atoms with E-state index in [9.17, 15) is 5.11 Å². The second-order valence-electron chi connectivity index (χ2n) is 5.08. The van der Waals surface area contributed by atoms with Gasteiger partial charge in [0.05, 0.1) is 11.3 Å². The van der Waals surface area contributed by atoms with Gasteiger partial charge in [-0.25, -0.2) is 0 Å². The second-order valence-corrected chi connectivity index (χ2v) is 5.08. The van der Waals surface area contributed by atoms with Crippen molar-refractivity contribution in [2.24, 2.45) is 13.0 Å². The minimum atomic E-state index is -0.508. The van der Waals surface area contributed by atoms with Gasteiger partial charge in [-0.05, 0) is 24.8 Å². The van der Waals surface area contributed by atoms with Crippen LogP contribution in [0.5, 0.6) is 0 Å². The monoisotopic (exact) mass is 208 g/mol. The van der Waals surface area contributed by atoms with Crippen LogP contribution in [0.4, 0.5) is 0 Å². The highest BCUT2D eigenvalue weighted by molar-refractivity contribution is 5.04. The average molecular weight is 208 g/mol. The van der Waals surface area contributed by atoms with Gasteiger partial charge in [0.2, 0.25) is 0 Å². The van der Waals surface area contributed by atoms with Crippen LogP contribution in [0.1, 0.15) is 38.3 Å². The van der Waals surface area contributed by atoms with E-state index in [1.54, 1.807) is 4.68 Å². The van der Waals surface area contributed by atoms with E-state index < -0.39 is 5.60 Å². The van der Waals surface area contributed by atoms with Gasteiger partial charge in [0.1, 0.15) is 0 Å². The molecular formula is C12H20N2O. The number of hydrogen-bond donors (Lipinski definition) is 1. The molecule has 1 heterocycles.